The molecule has 0 aromatic heterocycles. The first-order chi connectivity index (χ1) is 10.4. The minimum atomic E-state index is -3.01. The van der Waals surface area contributed by atoms with Crippen LogP contribution in [0.15, 0.2) is 36.6 Å². The van der Waals surface area contributed by atoms with E-state index in [9.17, 15) is 8.42 Å². The van der Waals surface area contributed by atoms with Gasteiger partial charge in [-0.1, -0.05) is 43.2 Å². The van der Waals surface area contributed by atoms with Gasteiger partial charge in [-0.2, -0.15) is 0 Å². The Balaban J connectivity index is 1.92. The highest BCUT2D eigenvalue weighted by atomic mass is 32.2. The van der Waals surface area contributed by atoms with Crippen LogP contribution < -0.4 is 0 Å². The lowest BCUT2D eigenvalue weighted by Crippen LogP contribution is -2.37. The molecule has 0 amide bonds. The Bertz CT molecular complexity index is 604. The number of sulfone groups is 1. The summed E-state index contributed by atoms with van der Waals surface area (Å²) in [5.74, 6) is 0.322. The standard InChI is InChI=1S/C18H26O3S/c1-16(17-9-5-3-6-10-17)15-21-13-12-18(2)11-7-4-8-14-22(18,19)20/h3,5-6,9-10,15H,4,7-8,11-14H2,1-2H3/b16-15-. The van der Waals surface area contributed by atoms with E-state index in [1.165, 1.54) is 0 Å². The van der Waals surface area contributed by atoms with Gasteiger partial charge >= 0.3 is 0 Å². The Labute approximate surface area is 134 Å². The van der Waals surface area contributed by atoms with Crippen LogP contribution in [0.2, 0.25) is 0 Å². The van der Waals surface area contributed by atoms with Gasteiger partial charge in [0.25, 0.3) is 0 Å². The number of hydrogen-bond donors (Lipinski definition) is 0. The van der Waals surface area contributed by atoms with E-state index in [2.05, 4.69) is 0 Å². The van der Waals surface area contributed by atoms with Crippen molar-refractivity contribution in [3.63, 3.8) is 0 Å². The van der Waals surface area contributed by atoms with Crippen molar-refractivity contribution in [1.29, 1.82) is 0 Å². The van der Waals surface area contributed by atoms with Crippen LogP contribution in [0.5, 0.6) is 0 Å². The first kappa shape index (κ1) is 17.1. The van der Waals surface area contributed by atoms with E-state index in [0.717, 1.165) is 36.8 Å². The number of ether oxygens (including phenoxy) is 1. The van der Waals surface area contributed by atoms with Crippen LogP contribution >= 0.6 is 0 Å². The van der Waals surface area contributed by atoms with E-state index in [4.69, 9.17) is 4.74 Å². The molecule has 4 heteroatoms. The zero-order valence-electron chi connectivity index (χ0n) is 13.5. The fourth-order valence-corrected chi connectivity index (χ4v) is 4.80. The third-order valence-corrected chi connectivity index (χ3v) is 7.34. The van der Waals surface area contributed by atoms with Gasteiger partial charge in [0.15, 0.2) is 9.84 Å². The Hall–Kier alpha value is -1.29. The highest BCUT2D eigenvalue weighted by Gasteiger charge is 2.39. The lowest BCUT2D eigenvalue weighted by Gasteiger charge is -2.27. The van der Waals surface area contributed by atoms with Crippen molar-refractivity contribution in [2.75, 3.05) is 12.4 Å². The predicted octanol–water partition coefficient (Wildman–Crippen LogP) is 4.20. The highest BCUT2D eigenvalue weighted by Crippen LogP contribution is 2.32. The van der Waals surface area contributed by atoms with Crippen LogP contribution in [-0.2, 0) is 14.6 Å². The number of benzene rings is 1. The maximum Gasteiger partial charge on any atom is 0.155 e. The van der Waals surface area contributed by atoms with Gasteiger partial charge in [0.05, 0.1) is 23.4 Å². The van der Waals surface area contributed by atoms with Gasteiger partial charge in [-0.25, -0.2) is 8.42 Å². The average molecular weight is 322 g/mol. The van der Waals surface area contributed by atoms with Crippen LogP contribution in [0.25, 0.3) is 5.57 Å². The number of hydrogen-bond acceptors (Lipinski definition) is 3. The largest absolute Gasteiger partial charge is 0.501 e. The second kappa shape index (κ2) is 7.32. The topological polar surface area (TPSA) is 43.4 Å². The number of allylic oxidation sites excluding steroid dienone is 1. The van der Waals surface area contributed by atoms with Gasteiger partial charge in [-0.05, 0) is 37.8 Å². The summed E-state index contributed by atoms with van der Waals surface area (Å²) in [4.78, 5) is 0. The van der Waals surface area contributed by atoms with Crippen LogP contribution in [0.1, 0.15) is 51.5 Å². The quantitative estimate of drug-likeness (QED) is 0.603. The van der Waals surface area contributed by atoms with Crippen molar-refractivity contribution in [1.82, 2.24) is 0 Å². The van der Waals surface area contributed by atoms with Crippen LogP contribution in [0, 0.1) is 0 Å². The lowest BCUT2D eigenvalue weighted by molar-refractivity contribution is 0.228. The molecule has 0 radical (unpaired) electrons. The molecule has 0 spiro atoms. The molecule has 1 unspecified atom stereocenters. The van der Waals surface area contributed by atoms with E-state index >= 15 is 0 Å². The summed E-state index contributed by atoms with van der Waals surface area (Å²) >= 11 is 0. The molecule has 0 aliphatic carbocycles. The van der Waals surface area contributed by atoms with Gasteiger partial charge in [0, 0.05) is 6.42 Å². The molecule has 0 N–H and O–H groups in total. The summed E-state index contributed by atoms with van der Waals surface area (Å²) in [5.41, 5.74) is 2.17. The van der Waals surface area contributed by atoms with Crippen molar-refractivity contribution in [3.8, 4) is 0 Å². The molecule has 1 aromatic rings. The Morgan fingerprint density at radius 2 is 1.95 bits per heavy atom. The minimum absolute atomic E-state index is 0.322. The third kappa shape index (κ3) is 4.13. The summed E-state index contributed by atoms with van der Waals surface area (Å²) in [7, 11) is -3.01. The van der Waals surface area contributed by atoms with Crippen molar-refractivity contribution in [3.05, 3.63) is 42.2 Å². The minimum Gasteiger partial charge on any atom is -0.501 e. The maximum absolute atomic E-state index is 12.4. The lowest BCUT2D eigenvalue weighted by atomic mass is 9.99. The highest BCUT2D eigenvalue weighted by molar-refractivity contribution is 7.92. The summed E-state index contributed by atoms with van der Waals surface area (Å²) in [6.45, 7) is 4.32. The molecule has 1 heterocycles. The molecule has 1 aliphatic rings. The van der Waals surface area contributed by atoms with Crippen molar-refractivity contribution < 1.29 is 13.2 Å². The molecule has 1 fully saturated rings. The molecule has 122 valence electrons. The first-order valence-corrected chi connectivity index (χ1v) is 9.66. The maximum atomic E-state index is 12.4. The Kier molecular flexibility index (Phi) is 5.68. The zero-order valence-corrected chi connectivity index (χ0v) is 14.4. The van der Waals surface area contributed by atoms with Crippen molar-refractivity contribution in [2.24, 2.45) is 0 Å². The van der Waals surface area contributed by atoms with E-state index in [1.54, 1.807) is 6.26 Å². The molecule has 0 bridgehead atoms. The fraction of sp³-hybridized carbons (Fsp3) is 0.556. The van der Waals surface area contributed by atoms with Gasteiger partial charge < -0.3 is 4.74 Å². The van der Waals surface area contributed by atoms with Gasteiger partial charge in [0.1, 0.15) is 0 Å². The first-order valence-electron chi connectivity index (χ1n) is 8.01. The molecule has 1 aromatic carbocycles. The third-order valence-electron chi connectivity index (χ3n) is 4.61. The average Bonchev–Trinajstić information content (AvgIpc) is 2.64. The molecule has 2 rings (SSSR count). The molecule has 1 atom stereocenters. The van der Waals surface area contributed by atoms with Crippen molar-refractivity contribution in [2.45, 2.75) is 50.7 Å². The van der Waals surface area contributed by atoms with Crippen LogP contribution in [0.4, 0.5) is 0 Å². The fourth-order valence-electron chi connectivity index (χ4n) is 2.88. The summed E-state index contributed by atoms with van der Waals surface area (Å²) < 4.78 is 29.8. The number of rotatable bonds is 5. The van der Waals surface area contributed by atoms with E-state index in [1.807, 2.05) is 44.2 Å². The van der Waals surface area contributed by atoms with Crippen LogP contribution in [0.3, 0.4) is 0 Å². The second-order valence-electron chi connectivity index (χ2n) is 6.37. The molecule has 3 nitrogen and oxygen atoms in total. The smallest absolute Gasteiger partial charge is 0.155 e. The van der Waals surface area contributed by atoms with Gasteiger partial charge in [0.2, 0.25) is 0 Å². The Morgan fingerprint density at radius 1 is 1.23 bits per heavy atom. The molecule has 0 saturated carbocycles. The summed E-state index contributed by atoms with van der Waals surface area (Å²) in [5, 5.41) is 0. The van der Waals surface area contributed by atoms with E-state index in [-0.39, 0.29) is 0 Å². The summed E-state index contributed by atoms with van der Waals surface area (Å²) in [6, 6.07) is 10.0. The van der Waals surface area contributed by atoms with E-state index in [0.29, 0.717) is 18.8 Å². The van der Waals surface area contributed by atoms with Gasteiger partial charge in [-0.15, -0.1) is 0 Å². The monoisotopic (exact) mass is 322 g/mol. The molecule has 1 aliphatic heterocycles. The van der Waals surface area contributed by atoms with E-state index < -0.39 is 14.6 Å². The zero-order chi connectivity index (χ0) is 16.1. The normalized spacial score (nSPS) is 25.5. The SMILES string of the molecule is C/C(=C/OCCC1(C)CCCCCS1(=O)=O)c1ccccc1. The Morgan fingerprint density at radius 3 is 2.68 bits per heavy atom. The molecule has 1 saturated heterocycles. The second-order valence-corrected chi connectivity index (χ2v) is 8.99. The molecule has 22 heavy (non-hydrogen) atoms. The van der Waals surface area contributed by atoms with Crippen LogP contribution in [-0.4, -0.2) is 25.5 Å². The molecular weight excluding hydrogens is 296 g/mol. The predicted molar refractivity (Wildman–Crippen MR) is 91.3 cm³/mol. The van der Waals surface area contributed by atoms with Crippen molar-refractivity contribution >= 4 is 15.4 Å². The summed E-state index contributed by atoms with van der Waals surface area (Å²) in [6.07, 6.45) is 5.86. The molecular formula is C18H26O3S. The van der Waals surface area contributed by atoms with Gasteiger partial charge in [-0.3, -0.25) is 0 Å².